The number of hydrogen-bond donors (Lipinski definition) is 1. The molecule has 0 saturated carbocycles. The number of hydrogen-bond acceptors (Lipinski definition) is 4. The third-order valence-electron chi connectivity index (χ3n) is 2.18. The van der Waals surface area contributed by atoms with E-state index in [0.717, 1.165) is 12.1 Å². The van der Waals surface area contributed by atoms with Crippen molar-refractivity contribution in [3.63, 3.8) is 0 Å². The summed E-state index contributed by atoms with van der Waals surface area (Å²) in [7, 11) is 1.99. The minimum absolute atomic E-state index is 0.398. The van der Waals surface area contributed by atoms with Gasteiger partial charge in [0.1, 0.15) is 0 Å². The van der Waals surface area contributed by atoms with Crippen LogP contribution in [0.4, 0.5) is 0 Å². The Bertz CT molecular complexity index is 257. The lowest BCUT2D eigenvalue weighted by molar-refractivity contribution is 0.446. The molecule has 4 heteroatoms. The van der Waals surface area contributed by atoms with E-state index in [4.69, 9.17) is 0 Å². The molecule has 0 fully saturated rings. The van der Waals surface area contributed by atoms with Crippen LogP contribution in [0, 0.1) is 5.92 Å². The van der Waals surface area contributed by atoms with Crippen molar-refractivity contribution >= 4 is 11.5 Å². The third-order valence-corrected chi connectivity index (χ3v) is 3.03. The molecule has 1 unspecified atom stereocenters. The molecule has 1 rings (SSSR count). The first-order valence-corrected chi connectivity index (χ1v) is 5.46. The van der Waals surface area contributed by atoms with Crippen LogP contribution in [0.2, 0.25) is 0 Å². The molecular weight excluding hydrogens is 182 g/mol. The van der Waals surface area contributed by atoms with Crippen molar-refractivity contribution in [2.75, 3.05) is 7.05 Å². The zero-order valence-electron chi connectivity index (χ0n) is 8.66. The monoisotopic (exact) mass is 199 g/mol. The van der Waals surface area contributed by atoms with E-state index in [9.17, 15) is 0 Å². The van der Waals surface area contributed by atoms with Crippen LogP contribution < -0.4 is 5.32 Å². The van der Waals surface area contributed by atoms with Crippen molar-refractivity contribution in [3.8, 4) is 0 Å². The Hall–Kier alpha value is -0.480. The normalized spacial score (nSPS) is 13.6. The first kappa shape index (κ1) is 10.6. The fourth-order valence-corrected chi connectivity index (χ4v) is 2.49. The van der Waals surface area contributed by atoms with Gasteiger partial charge in [-0.15, -0.1) is 5.10 Å². The van der Waals surface area contributed by atoms with Gasteiger partial charge in [-0.25, -0.2) is 0 Å². The van der Waals surface area contributed by atoms with E-state index in [1.165, 1.54) is 16.4 Å². The van der Waals surface area contributed by atoms with Gasteiger partial charge >= 0.3 is 0 Å². The predicted octanol–water partition coefficient (Wildman–Crippen LogP) is 2.02. The molecule has 0 aliphatic carbocycles. The lowest BCUT2D eigenvalue weighted by Crippen LogP contribution is -2.21. The van der Waals surface area contributed by atoms with Crippen LogP contribution in [0.5, 0.6) is 0 Å². The first-order chi connectivity index (χ1) is 6.20. The van der Waals surface area contributed by atoms with Gasteiger partial charge in [-0.3, -0.25) is 0 Å². The molecule has 74 valence electrons. The van der Waals surface area contributed by atoms with E-state index in [1.54, 1.807) is 0 Å². The molecule has 0 spiro atoms. The van der Waals surface area contributed by atoms with Crippen LogP contribution in [-0.4, -0.2) is 16.6 Å². The fourth-order valence-electron chi connectivity index (χ4n) is 1.46. The zero-order chi connectivity index (χ0) is 9.84. The average Bonchev–Trinajstić information content (AvgIpc) is 2.53. The molecule has 13 heavy (non-hydrogen) atoms. The van der Waals surface area contributed by atoms with Gasteiger partial charge < -0.3 is 5.32 Å². The van der Waals surface area contributed by atoms with Crippen LogP contribution >= 0.6 is 11.5 Å². The van der Waals surface area contributed by atoms with E-state index in [2.05, 4.69) is 35.7 Å². The lowest BCUT2D eigenvalue weighted by Gasteiger charge is -2.18. The minimum Gasteiger partial charge on any atom is -0.312 e. The Morgan fingerprint density at radius 2 is 2.15 bits per heavy atom. The molecule has 0 aliphatic heterocycles. The summed E-state index contributed by atoms with van der Waals surface area (Å²) in [6, 6.07) is 0.398. The molecule has 1 N–H and O–H groups in total. The number of nitrogens with zero attached hydrogens (tertiary/aromatic N) is 2. The first-order valence-electron chi connectivity index (χ1n) is 4.69. The fraction of sp³-hybridized carbons (Fsp3) is 0.778. The molecule has 0 radical (unpaired) electrons. The van der Waals surface area contributed by atoms with E-state index in [-0.39, 0.29) is 0 Å². The standard InChI is InChI=1S/C9H17N3S/c1-5-7-9(13-12-11-7)8(10-4)6(2)3/h6,8,10H,5H2,1-4H3. The van der Waals surface area contributed by atoms with Gasteiger partial charge in [0, 0.05) is 6.04 Å². The van der Waals surface area contributed by atoms with Gasteiger partial charge in [0.25, 0.3) is 0 Å². The predicted molar refractivity (Wildman–Crippen MR) is 55.9 cm³/mol. The maximum atomic E-state index is 4.11. The summed E-state index contributed by atoms with van der Waals surface area (Å²) >= 11 is 1.51. The largest absolute Gasteiger partial charge is 0.312 e. The third kappa shape index (κ3) is 2.25. The smallest absolute Gasteiger partial charge is 0.0801 e. The molecule has 1 atom stereocenters. The second kappa shape index (κ2) is 4.67. The van der Waals surface area contributed by atoms with Crippen molar-refractivity contribution < 1.29 is 0 Å². The van der Waals surface area contributed by atoms with E-state index >= 15 is 0 Å². The second-order valence-corrected chi connectivity index (χ2v) is 4.23. The van der Waals surface area contributed by atoms with Crippen molar-refractivity contribution in [1.82, 2.24) is 14.9 Å². The Morgan fingerprint density at radius 3 is 2.62 bits per heavy atom. The maximum absolute atomic E-state index is 4.11. The van der Waals surface area contributed by atoms with Crippen LogP contribution in [0.3, 0.4) is 0 Å². The molecule has 1 heterocycles. The summed E-state index contributed by atoms with van der Waals surface area (Å²) in [5.74, 6) is 0.581. The van der Waals surface area contributed by atoms with E-state index in [1.807, 2.05) is 7.05 Å². The Kier molecular flexibility index (Phi) is 3.81. The quantitative estimate of drug-likeness (QED) is 0.806. The van der Waals surface area contributed by atoms with Crippen molar-refractivity contribution in [3.05, 3.63) is 10.6 Å². The van der Waals surface area contributed by atoms with Crippen molar-refractivity contribution in [2.24, 2.45) is 5.92 Å². The van der Waals surface area contributed by atoms with E-state index < -0.39 is 0 Å². The molecule has 0 bridgehead atoms. The highest BCUT2D eigenvalue weighted by Crippen LogP contribution is 2.26. The van der Waals surface area contributed by atoms with Gasteiger partial charge in [-0.1, -0.05) is 25.3 Å². The summed E-state index contributed by atoms with van der Waals surface area (Å²) in [6.07, 6.45) is 0.969. The molecule has 0 aliphatic rings. The molecule has 0 amide bonds. The average molecular weight is 199 g/mol. The SMILES string of the molecule is CCc1nnsc1C(NC)C(C)C. The molecule has 3 nitrogen and oxygen atoms in total. The number of aromatic nitrogens is 2. The minimum atomic E-state index is 0.398. The molecular formula is C9H17N3S. The highest BCUT2D eigenvalue weighted by Gasteiger charge is 2.19. The van der Waals surface area contributed by atoms with Crippen molar-refractivity contribution in [2.45, 2.75) is 33.2 Å². The summed E-state index contributed by atoms with van der Waals surface area (Å²) in [5.41, 5.74) is 1.14. The summed E-state index contributed by atoms with van der Waals surface area (Å²) in [4.78, 5) is 1.29. The summed E-state index contributed by atoms with van der Waals surface area (Å²) in [5, 5.41) is 7.42. The summed E-state index contributed by atoms with van der Waals surface area (Å²) in [6.45, 7) is 6.54. The molecule has 0 saturated heterocycles. The topological polar surface area (TPSA) is 37.8 Å². The zero-order valence-corrected chi connectivity index (χ0v) is 9.48. The highest BCUT2D eigenvalue weighted by atomic mass is 32.1. The molecule has 1 aromatic rings. The van der Waals surface area contributed by atoms with Gasteiger partial charge in [0.15, 0.2) is 0 Å². The number of rotatable bonds is 4. The maximum Gasteiger partial charge on any atom is 0.0801 e. The van der Waals surface area contributed by atoms with Crippen LogP contribution in [-0.2, 0) is 6.42 Å². The Morgan fingerprint density at radius 1 is 1.46 bits per heavy atom. The van der Waals surface area contributed by atoms with Crippen LogP contribution in [0.15, 0.2) is 0 Å². The van der Waals surface area contributed by atoms with Gasteiger partial charge in [0.05, 0.1) is 10.6 Å². The lowest BCUT2D eigenvalue weighted by atomic mass is 10.0. The van der Waals surface area contributed by atoms with Gasteiger partial charge in [-0.05, 0) is 30.9 Å². The van der Waals surface area contributed by atoms with Crippen molar-refractivity contribution in [1.29, 1.82) is 0 Å². The highest BCUT2D eigenvalue weighted by molar-refractivity contribution is 7.05. The molecule has 1 aromatic heterocycles. The number of aryl methyl sites for hydroxylation is 1. The van der Waals surface area contributed by atoms with Crippen LogP contribution in [0.25, 0.3) is 0 Å². The van der Waals surface area contributed by atoms with E-state index in [0.29, 0.717) is 12.0 Å². The van der Waals surface area contributed by atoms with Gasteiger partial charge in [-0.2, -0.15) is 0 Å². The Labute approximate surface area is 83.7 Å². The van der Waals surface area contributed by atoms with Crippen LogP contribution in [0.1, 0.15) is 37.4 Å². The number of nitrogens with one attached hydrogen (secondary N) is 1. The Balaban J connectivity index is 2.90. The van der Waals surface area contributed by atoms with Gasteiger partial charge in [0.2, 0.25) is 0 Å². The molecule has 0 aromatic carbocycles. The summed E-state index contributed by atoms with van der Waals surface area (Å²) < 4.78 is 4.00. The second-order valence-electron chi connectivity index (χ2n) is 3.45.